The molecule has 2 N–H and O–H groups in total. The summed E-state index contributed by atoms with van der Waals surface area (Å²) in [6.45, 7) is 2.16. The molecule has 0 aliphatic carbocycles. The Morgan fingerprint density at radius 1 is 1.00 bits per heavy atom. The summed E-state index contributed by atoms with van der Waals surface area (Å²) in [5.74, 6) is 0.00221. The molecule has 6 nitrogen and oxygen atoms in total. The summed E-state index contributed by atoms with van der Waals surface area (Å²) in [5.41, 5.74) is 1.04. The van der Waals surface area contributed by atoms with Crippen molar-refractivity contribution >= 4 is 38.9 Å². The molecule has 0 saturated carbocycles. The first-order chi connectivity index (χ1) is 13.9. The van der Waals surface area contributed by atoms with Crippen LogP contribution in [0, 0.1) is 0 Å². The molecule has 0 spiro atoms. The quantitative estimate of drug-likeness (QED) is 0.564. The number of hydrogen-bond acceptors (Lipinski definition) is 4. The molecule has 0 aliphatic heterocycles. The fourth-order valence-corrected chi connectivity index (χ4v) is 3.87. The van der Waals surface area contributed by atoms with Crippen LogP contribution in [0.5, 0.6) is 5.75 Å². The number of rotatable bonds is 7. The maximum atomic E-state index is 12.8. The van der Waals surface area contributed by atoms with E-state index >= 15 is 0 Å². The number of hydrogen-bond donors (Lipinski definition) is 2. The number of benzene rings is 3. The summed E-state index contributed by atoms with van der Waals surface area (Å²) in [4.78, 5) is 12.5. The molecule has 29 heavy (non-hydrogen) atoms. The van der Waals surface area contributed by atoms with Gasteiger partial charge >= 0.3 is 0 Å². The topological polar surface area (TPSA) is 84.5 Å². The molecule has 3 rings (SSSR count). The predicted octanol–water partition coefficient (Wildman–Crippen LogP) is 4.79. The van der Waals surface area contributed by atoms with Crippen molar-refractivity contribution < 1.29 is 17.9 Å². The lowest BCUT2D eigenvalue weighted by molar-refractivity contribution is 0.102. The van der Waals surface area contributed by atoms with Crippen molar-refractivity contribution in [1.29, 1.82) is 0 Å². The third-order valence-electron chi connectivity index (χ3n) is 3.92. The normalized spacial score (nSPS) is 11.0. The van der Waals surface area contributed by atoms with Gasteiger partial charge in [0.25, 0.3) is 15.9 Å². The molecule has 0 radical (unpaired) electrons. The Morgan fingerprint density at radius 3 is 2.45 bits per heavy atom. The van der Waals surface area contributed by atoms with Crippen LogP contribution in [-0.4, -0.2) is 20.9 Å². The van der Waals surface area contributed by atoms with Gasteiger partial charge in [-0.2, -0.15) is 0 Å². The van der Waals surface area contributed by atoms with Crippen molar-refractivity contribution in [2.45, 2.75) is 11.8 Å². The number of halogens is 1. The Kier molecular flexibility index (Phi) is 6.41. The van der Waals surface area contributed by atoms with Crippen LogP contribution in [0.3, 0.4) is 0 Å². The van der Waals surface area contributed by atoms with Crippen molar-refractivity contribution in [2.75, 3.05) is 16.6 Å². The van der Waals surface area contributed by atoms with Crippen LogP contribution in [-0.2, 0) is 10.0 Å². The van der Waals surface area contributed by atoms with E-state index in [-0.39, 0.29) is 16.5 Å². The summed E-state index contributed by atoms with van der Waals surface area (Å²) in [6.07, 6.45) is 0. The van der Waals surface area contributed by atoms with Crippen LogP contribution >= 0.6 is 11.6 Å². The zero-order valence-corrected chi connectivity index (χ0v) is 17.1. The SMILES string of the molecule is CCOc1ccc(S(=O)(=O)Nc2cccc(Cl)c2)cc1NC(=O)c1ccccc1. The van der Waals surface area contributed by atoms with Crippen LogP contribution in [0.2, 0.25) is 5.02 Å². The average Bonchev–Trinajstić information content (AvgIpc) is 2.69. The largest absolute Gasteiger partial charge is 0.492 e. The van der Waals surface area contributed by atoms with Crippen LogP contribution in [0.1, 0.15) is 17.3 Å². The Bertz CT molecular complexity index is 1120. The van der Waals surface area contributed by atoms with E-state index in [9.17, 15) is 13.2 Å². The molecular formula is C21H19ClN2O4S. The van der Waals surface area contributed by atoms with Gasteiger partial charge in [-0.1, -0.05) is 35.9 Å². The van der Waals surface area contributed by atoms with Gasteiger partial charge in [-0.15, -0.1) is 0 Å². The average molecular weight is 431 g/mol. The molecular weight excluding hydrogens is 412 g/mol. The van der Waals surface area contributed by atoms with E-state index in [1.54, 1.807) is 55.5 Å². The molecule has 0 bridgehead atoms. The number of sulfonamides is 1. The van der Waals surface area contributed by atoms with E-state index < -0.39 is 10.0 Å². The number of anilines is 2. The van der Waals surface area contributed by atoms with Gasteiger partial charge in [0, 0.05) is 10.6 Å². The minimum Gasteiger partial charge on any atom is -0.492 e. The number of carbonyl (C=O) groups is 1. The van der Waals surface area contributed by atoms with Crippen LogP contribution in [0.4, 0.5) is 11.4 Å². The Labute approximate surface area is 174 Å². The monoisotopic (exact) mass is 430 g/mol. The first-order valence-corrected chi connectivity index (χ1v) is 10.7. The zero-order chi connectivity index (χ0) is 20.9. The van der Waals surface area contributed by atoms with Crippen molar-refractivity contribution in [2.24, 2.45) is 0 Å². The lowest BCUT2D eigenvalue weighted by Gasteiger charge is -2.14. The summed E-state index contributed by atoms with van der Waals surface area (Å²) < 4.78 is 33.6. The second-order valence-corrected chi connectivity index (χ2v) is 8.15. The molecule has 3 aromatic rings. The van der Waals surface area contributed by atoms with E-state index in [2.05, 4.69) is 10.0 Å². The first kappa shape index (κ1) is 20.7. The summed E-state index contributed by atoms with van der Waals surface area (Å²) in [6, 6.07) is 19.3. The summed E-state index contributed by atoms with van der Waals surface area (Å²) in [5, 5.41) is 3.13. The fraction of sp³-hybridized carbons (Fsp3) is 0.0952. The van der Waals surface area contributed by atoms with Gasteiger partial charge in [-0.25, -0.2) is 8.42 Å². The molecule has 0 saturated heterocycles. The van der Waals surface area contributed by atoms with E-state index in [0.717, 1.165) is 0 Å². The minimum atomic E-state index is -3.90. The highest BCUT2D eigenvalue weighted by atomic mass is 35.5. The highest BCUT2D eigenvalue weighted by Gasteiger charge is 2.18. The number of amides is 1. The van der Waals surface area contributed by atoms with Crippen LogP contribution in [0.15, 0.2) is 77.7 Å². The van der Waals surface area contributed by atoms with Gasteiger partial charge in [0.1, 0.15) is 5.75 Å². The molecule has 0 unspecified atom stereocenters. The Morgan fingerprint density at radius 2 is 1.76 bits per heavy atom. The van der Waals surface area contributed by atoms with Gasteiger partial charge in [0.2, 0.25) is 0 Å². The molecule has 0 fully saturated rings. The molecule has 150 valence electrons. The first-order valence-electron chi connectivity index (χ1n) is 8.80. The summed E-state index contributed by atoms with van der Waals surface area (Å²) in [7, 11) is -3.90. The fourth-order valence-electron chi connectivity index (χ4n) is 2.61. The third kappa shape index (κ3) is 5.28. The smallest absolute Gasteiger partial charge is 0.261 e. The Hall–Kier alpha value is -3.03. The van der Waals surface area contributed by atoms with Crippen LogP contribution in [0.25, 0.3) is 0 Å². The van der Waals surface area contributed by atoms with Crippen molar-refractivity contribution in [3.05, 3.63) is 83.4 Å². The molecule has 3 aromatic carbocycles. The number of ether oxygens (including phenoxy) is 1. The van der Waals surface area contributed by atoms with Gasteiger partial charge in [-0.3, -0.25) is 9.52 Å². The number of nitrogens with one attached hydrogen (secondary N) is 2. The molecule has 1 amide bonds. The lowest BCUT2D eigenvalue weighted by Crippen LogP contribution is -2.16. The molecule has 0 aliphatic rings. The highest BCUT2D eigenvalue weighted by molar-refractivity contribution is 7.92. The maximum absolute atomic E-state index is 12.8. The molecule has 0 atom stereocenters. The second-order valence-electron chi connectivity index (χ2n) is 6.03. The minimum absolute atomic E-state index is 0.0238. The molecule has 0 aromatic heterocycles. The van der Waals surface area contributed by atoms with Gasteiger partial charge in [-0.05, 0) is 55.5 Å². The van der Waals surface area contributed by atoms with Gasteiger partial charge in [0.15, 0.2) is 0 Å². The van der Waals surface area contributed by atoms with E-state index in [1.165, 1.54) is 24.3 Å². The molecule has 0 heterocycles. The lowest BCUT2D eigenvalue weighted by atomic mass is 10.2. The molecule has 8 heteroatoms. The van der Waals surface area contributed by atoms with Crippen molar-refractivity contribution in [3.8, 4) is 5.75 Å². The van der Waals surface area contributed by atoms with Gasteiger partial charge < -0.3 is 10.1 Å². The van der Waals surface area contributed by atoms with Crippen molar-refractivity contribution in [1.82, 2.24) is 0 Å². The van der Waals surface area contributed by atoms with Gasteiger partial charge in [0.05, 0.1) is 22.9 Å². The highest BCUT2D eigenvalue weighted by Crippen LogP contribution is 2.29. The van der Waals surface area contributed by atoms with Crippen molar-refractivity contribution in [3.63, 3.8) is 0 Å². The Balaban J connectivity index is 1.92. The second kappa shape index (κ2) is 8.98. The standard InChI is InChI=1S/C21H19ClN2O4S/c1-2-28-20-12-11-18(29(26,27)24-17-10-6-9-16(22)13-17)14-19(20)23-21(25)15-7-4-3-5-8-15/h3-14,24H,2H2,1H3,(H,23,25). The summed E-state index contributed by atoms with van der Waals surface area (Å²) >= 11 is 5.92. The predicted molar refractivity (Wildman–Crippen MR) is 114 cm³/mol. The van der Waals surface area contributed by atoms with E-state index in [4.69, 9.17) is 16.3 Å². The maximum Gasteiger partial charge on any atom is 0.261 e. The third-order valence-corrected chi connectivity index (χ3v) is 5.54. The zero-order valence-electron chi connectivity index (χ0n) is 15.6. The van der Waals surface area contributed by atoms with E-state index in [0.29, 0.717) is 28.6 Å². The van der Waals surface area contributed by atoms with Crippen LogP contribution < -0.4 is 14.8 Å². The number of carbonyl (C=O) groups excluding carboxylic acids is 1. The van der Waals surface area contributed by atoms with E-state index in [1.807, 2.05) is 0 Å².